The van der Waals surface area contributed by atoms with Gasteiger partial charge in [-0.05, 0) is 31.2 Å². The van der Waals surface area contributed by atoms with Gasteiger partial charge in [0.2, 0.25) is 0 Å². The van der Waals surface area contributed by atoms with Crippen LogP contribution in [-0.4, -0.2) is 5.26 Å². The van der Waals surface area contributed by atoms with Gasteiger partial charge in [-0.25, -0.2) is 4.89 Å². The molecule has 16 heavy (non-hydrogen) atoms. The molecule has 1 N–H and O–H groups in total. The van der Waals surface area contributed by atoms with Gasteiger partial charge in [-0.2, -0.15) is 0 Å². The maximum absolute atomic E-state index is 9.10. The number of rotatable bonds is 3. The van der Waals surface area contributed by atoms with Gasteiger partial charge in [-0.15, -0.1) is 0 Å². The Morgan fingerprint density at radius 3 is 2.31 bits per heavy atom. The number of aryl methyl sites for hydroxylation is 1. The van der Waals surface area contributed by atoms with Crippen LogP contribution in [-0.2, 0) is 4.89 Å². The largest absolute Gasteiger partial charge is 0.251 e. The van der Waals surface area contributed by atoms with Crippen molar-refractivity contribution in [2.75, 3.05) is 0 Å². The van der Waals surface area contributed by atoms with Crippen LogP contribution in [0.25, 0.3) is 0 Å². The van der Waals surface area contributed by atoms with Crippen molar-refractivity contribution in [3.8, 4) is 0 Å². The zero-order chi connectivity index (χ0) is 11.4. The smallest absolute Gasteiger partial charge is 0.120 e. The van der Waals surface area contributed by atoms with E-state index in [1.807, 2.05) is 0 Å². The minimum atomic E-state index is -0.138. The van der Waals surface area contributed by atoms with Crippen LogP contribution in [0.2, 0.25) is 0 Å². The summed E-state index contributed by atoms with van der Waals surface area (Å²) < 4.78 is 0. The molecule has 0 heterocycles. The lowest BCUT2D eigenvalue weighted by Gasteiger charge is -2.28. The van der Waals surface area contributed by atoms with Gasteiger partial charge in [-0.3, -0.25) is 5.26 Å². The summed E-state index contributed by atoms with van der Waals surface area (Å²) in [5.74, 6) is 0.474. The van der Waals surface area contributed by atoms with Crippen molar-refractivity contribution < 1.29 is 10.1 Å². The second kappa shape index (κ2) is 5.46. The van der Waals surface area contributed by atoms with Crippen molar-refractivity contribution in [1.82, 2.24) is 0 Å². The first kappa shape index (κ1) is 11.6. The van der Waals surface area contributed by atoms with E-state index in [4.69, 9.17) is 10.1 Å². The molecule has 1 fully saturated rings. The summed E-state index contributed by atoms with van der Waals surface area (Å²) in [6.45, 7) is 2.07. The van der Waals surface area contributed by atoms with Gasteiger partial charge in [-0.1, -0.05) is 49.1 Å². The highest BCUT2D eigenvalue weighted by Crippen LogP contribution is 2.36. The molecule has 88 valence electrons. The van der Waals surface area contributed by atoms with Crippen LogP contribution in [0, 0.1) is 12.8 Å². The molecule has 0 bridgehead atoms. The molecule has 0 radical (unpaired) electrons. The highest BCUT2D eigenvalue weighted by Gasteiger charge is 2.25. The summed E-state index contributed by atoms with van der Waals surface area (Å²) in [5.41, 5.74) is 2.34. The van der Waals surface area contributed by atoms with E-state index >= 15 is 0 Å². The van der Waals surface area contributed by atoms with E-state index in [2.05, 4.69) is 31.2 Å². The molecule has 0 spiro atoms. The first-order valence-corrected chi connectivity index (χ1v) is 6.18. The van der Waals surface area contributed by atoms with E-state index in [0.717, 1.165) is 5.56 Å². The lowest BCUT2D eigenvalue weighted by Crippen LogP contribution is -2.18. The Balaban J connectivity index is 2.11. The summed E-state index contributed by atoms with van der Waals surface area (Å²) in [4.78, 5) is 4.72. The monoisotopic (exact) mass is 220 g/mol. The standard InChI is InChI=1S/C14H20O2/c1-11-7-9-13(10-8-11)14(16-15)12-5-3-2-4-6-12/h7-10,12,14-15H,2-6H2,1H3. The second-order valence-corrected chi connectivity index (χ2v) is 4.83. The molecule has 0 saturated heterocycles. The quantitative estimate of drug-likeness (QED) is 0.613. The van der Waals surface area contributed by atoms with Crippen LogP contribution < -0.4 is 0 Å². The van der Waals surface area contributed by atoms with Crippen LogP contribution in [0.4, 0.5) is 0 Å². The highest BCUT2D eigenvalue weighted by atomic mass is 17.1. The lowest BCUT2D eigenvalue weighted by atomic mass is 9.82. The molecule has 1 aromatic carbocycles. The lowest BCUT2D eigenvalue weighted by molar-refractivity contribution is -0.295. The van der Waals surface area contributed by atoms with Crippen LogP contribution in [0.15, 0.2) is 24.3 Å². The molecule has 0 aromatic heterocycles. The van der Waals surface area contributed by atoms with Crippen molar-refractivity contribution in [1.29, 1.82) is 0 Å². The fraction of sp³-hybridized carbons (Fsp3) is 0.571. The Morgan fingerprint density at radius 1 is 1.12 bits per heavy atom. The SMILES string of the molecule is Cc1ccc(C(OO)C2CCCCC2)cc1. The number of hydrogen-bond donors (Lipinski definition) is 1. The van der Waals surface area contributed by atoms with Gasteiger partial charge in [0, 0.05) is 0 Å². The van der Waals surface area contributed by atoms with E-state index in [1.54, 1.807) is 0 Å². The van der Waals surface area contributed by atoms with Gasteiger partial charge >= 0.3 is 0 Å². The Hall–Kier alpha value is -0.860. The van der Waals surface area contributed by atoms with Crippen LogP contribution in [0.1, 0.15) is 49.3 Å². The van der Waals surface area contributed by atoms with Gasteiger partial charge in [0.1, 0.15) is 6.10 Å². The Kier molecular flexibility index (Phi) is 3.97. The molecule has 1 unspecified atom stereocenters. The average Bonchev–Trinajstić information content (AvgIpc) is 2.34. The van der Waals surface area contributed by atoms with Crippen LogP contribution in [0.5, 0.6) is 0 Å². The molecule has 2 rings (SSSR count). The Morgan fingerprint density at radius 2 is 1.75 bits per heavy atom. The first-order valence-electron chi connectivity index (χ1n) is 6.18. The van der Waals surface area contributed by atoms with E-state index in [0.29, 0.717) is 5.92 Å². The average molecular weight is 220 g/mol. The number of hydrogen-bond acceptors (Lipinski definition) is 2. The van der Waals surface area contributed by atoms with Gasteiger partial charge in [0.05, 0.1) is 0 Å². The molecule has 1 aliphatic rings. The Bertz CT molecular complexity index is 312. The number of benzene rings is 1. The minimum Gasteiger partial charge on any atom is -0.251 e. The predicted octanol–water partition coefficient (Wildman–Crippen LogP) is 4.11. The molecule has 0 aliphatic heterocycles. The highest BCUT2D eigenvalue weighted by molar-refractivity contribution is 5.23. The van der Waals surface area contributed by atoms with Crippen molar-refractivity contribution in [2.24, 2.45) is 5.92 Å². The molecular formula is C14H20O2. The van der Waals surface area contributed by atoms with Crippen molar-refractivity contribution in [2.45, 2.75) is 45.1 Å². The second-order valence-electron chi connectivity index (χ2n) is 4.83. The van der Waals surface area contributed by atoms with Crippen molar-refractivity contribution in [3.05, 3.63) is 35.4 Å². The molecule has 0 amide bonds. The van der Waals surface area contributed by atoms with Gasteiger partial charge < -0.3 is 0 Å². The summed E-state index contributed by atoms with van der Waals surface area (Å²) in [6, 6.07) is 8.27. The van der Waals surface area contributed by atoms with E-state index in [-0.39, 0.29) is 6.10 Å². The zero-order valence-corrected chi connectivity index (χ0v) is 9.86. The molecular weight excluding hydrogens is 200 g/mol. The zero-order valence-electron chi connectivity index (χ0n) is 9.86. The molecule has 2 nitrogen and oxygen atoms in total. The third kappa shape index (κ3) is 2.63. The summed E-state index contributed by atoms with van der Waals surface area (Å²) >= 11 is 0. The molecule has 1 aliphatic carbocycles. The topological polar surface area (TPSA) is 29.5 Å². The van der Waals surface area contributed by atoms with Crippen molar-refractivity contribution in [3.63, 3.8) is 0 Å². The summed E-state index contributed by atoms with van der Waals surface area (Å²) in [6.07, 6.45) is 6.04. The predicted molar refractivity (Wildman–Crippen MR) is 64.2 cm³/mol. The summed E-state index contributed by atoms with van der Waals surface area (Å²) in [7, 11) is 0. The maximum Gasteiger partial charge on any atom is 0.120 e. The van der Waals surface area contributed by atoms with Gasteiger partial charge in [0.25, 0.3) is 0 Å². The van der Waals surface area contributed by atoms with E-state index < -0.39 is 0 Å². The van der Waals surface area contributed by atoms with E-state index in [1.165, 1.54) is 37.7 Å². The summed E-state index contributed by atoms with van der Waals surface area (Å²) in [5, 5.41) is 9.10. The molecule has 1 aromatic rings. The molecule has 2 heteroatoms. The Labute approximate surface area is 97.2 Å². The van der Waals surface area contributed by atoms with Crippen LogP contribution >= 0.6 is 0 Å². The fourth-order valence-electron chi connectivity index (χ4n) is 2.61. The van der Waals surface area contributed by atoms with E-state index in [9.17, 15) is 0 Å². The van der Waals surface area contributed by atoms with Gasteiger partial charge in [0.15, 0.2) is 0 Å². The third-order valence-corrected chi connectivity index (χ3v) is 3.60. The minimum absolute atomic E-state index is 0.138. The third-order valence-electron chi connectivity index (χ3n) is 3.60. The maximum atomic E-state index is 9.10. The van der Waals surface area contributed by atoms with Crippen molar-refractivity contribution >= 4 is 0 Å². The van der Waals surface area contributed by atoms with Crippen LogP contribution in [0.3, 0.4) is 0 Å². The molecule has 1 atom stereocenters. The molecule has 1 saturated carbocycles. The normalized spacial score (nSPS) is 19.6. The first-order chi connectivity index (χ1) is 7.81. The fourth-order valence-corrected chi connectivity index (χ4v) is 2.61.